The fourth-order valence-electron chi connectivity index (χ4n) is 3.86. The molecule has 2 amide bonds. The number of hydrogen-bond acceptors (Lipinski definition) is 6. The summed E-state index contributed by atoms with van der Waals surface area (Å²) in [5.74, 6) is 0.892. The molecule has 0 radical (unpaired) electrons. The molecule has 1 aromatic heterocycles. The molecule has 8 heteroatoms. The van der Waals surface area contributed by atoms with Crippen LogP contribution in [0.2, 0.25) is 0 Å². The number of carbonyl (C=O) groups is 2. The highest BCUT2D eigenvalue weighted by Crippen LogP contribution is 2.37. The van der Waals surface area contributed by atoms with Crippen molar-refractivity contribution >= 4 is 28.3 Å². The Morgan fingerprint density at radius 2 is 2.06 bits per heavy atom. The number of methoxy groups -OCH3 is 1. The first-order valence-electron chi connectivity index (χ1n) is 10.4. The monoisotopic (exact) mass is 451 g/mol. The normalized spacial score (nSPS) is 13.6. The Balaban J connectivity index is 1.65. The number of carbonyl (C=O) groups excluding carboxylic acids is 2. The molecule has 2 aromatic carbocycles. The van der Waals surface area contributed by atoms with E-state index in [1.54, 1.807) is 12.0 Å². The molecule has 0 fully saturated rings. The fourth-order valence-corrected chi connectivity index (χ4v) is 4.56. The van der Waals surface area contributed by atoms with Crippen LogP contribution in [-0.2, 0) is 11.3 Å². The Bertz CT molecular complexity index is 1140. The van der Waals surface area contributed by atoms with Gasteiger partial charge in [0.25, 0.3) is 5.91 Å². The second kappa shape index (κ2) is 9.40. The summed E-state index contributed by atoms with van der Waals surface area (Å²) < 4.78 is 11.1. The Kier molecular flexibility index (Phi) is 6.41. The van der Waals surface area contributed by atoms with Crippen molar-refractivity contribution in [2.24, 2.45) is 0 Å². The van der Waals surface area contributed by atoms with Gasteiger partial charge in [0.15, 0.2) is 16.6 Å². The van der Waals surface area contributed by atoms with Gasteiger partial charge >= 0.3 is 0 Å². The van der Waals surface area contributed by atoms with Crippen LogP contribution in [0.1, 0.15) is 46.6 Å². The number of benzene rings is 2. The average molecular weight is 452 g/mol. The van der Waals surface area contributed by atoms with Crippen LogP contribution >= 0.6 is 11.3 Å². The minimum absolute atomic E-state index is 0.0867. The van der Waals surface area contributed by atoms with Crippen molar-refractivity contribution in [1.29, 1.82) is 0 Å². The number of ether oxygens (including phenoxy) is 2. The van der Waals surface area contributed by atoms with Crippen LogP contribution in [0.5, 0.6) is 11.5 Å². The van der Waals surface area contributed by atoms with E-state index >= 15 is 0 Å². The third kappa shape index (κ3) is 4.45. The zero-order chi connectivity index (χ0) is 22.7. The van der Waals surface area contributed by atoms with Gasteiger partial charge in [-0.25, -0.2) is 4.98 Å². The molecule has 32 heavy (non-hydrogen) atoms. The van der Waals surface area contributed by atoms with E-state index < -0.39 is 6.04 Å². The van der Waals surface area contributed by atoms with E-state index in [0.29, 0.717) is 35.3 Å². The van der Waals surface area contributed by atoms with E-state index in [0.717, 1.165) is 16.8 Å². The molecule has 7 nitrogen and oxygen atoms in total. The molecule has 0 aliphatic carbocycles. The van der Waals surface area contributed by atoms with Crippen LogP contribution in [0.25, 0.3) is 0 Å². The number of aromatic nitrogens is 1. The second-order valence-electron chi connectivity index (χ2n) is 7.50. The molecule has 0 spiro atoms. The van der Waals surface area contributed by atoms with E-state index in [2.05, 4.69) is 10.3 Å². The number of anilines is 1. The highest BCUT2D eigenvalue weighted by Gasteiger charge is 2.35. The van der Waals surface area contributed by atoms with Crippen molar-refractivity contribution in [3.05, 3.63) is 70.2 Å². The molecule has 1 N–H and O–H groups in total. The molecule has 0 saturated heterocycles. The van der Waals surface area contributed by atoms with E-state index in [1.807, 2.05) is 61.7 Å². The number of aryl methyl sites for hydroxylation is 1. The molecule has 1 atom stereocenters. The molecule has 3 aromatic rings. The number of fused-ring (bicyclic) bond motifs is 1. The summed E-state index contributed by atoms with van der Waals surface area (Å²) >= 11 is 1.38. The van der Waals surface area contributed by atoms with Gasteiger partial charge in [-0.15, -0.1) is 11.3 Å². The summed E-state index contributed by atoms with van der Waals surface area (Å²) in [5.41, 5.74) is 3.28. The van der Waals surface area contributed by atoms with E-state index in [9.17, 15) is 9.59 Å². The van der Waals surface area contributed by atoms with Crippen LogP contribution < -0.4 is 14.8 Å². The lowest BCUT2D eigenvalue weighted by Crippen LogP contribution is -2.32. The number of nitrogens with zero attached hydrogens (tertiary/aromatic N) is 2. The second-order valence-corrected chi connectivity index (χ2v) is 8.35. The quantitative estimate of drug-likeness (QED) is 0.542. The van der Waals surface area contributed by atoms with Gasteiger partial charge in [0.2, 0.25) is 5.91 Å². The third-order valence-electron chi connectivity index (χ3n) is 5.34. The molecule has 166 valence electrons. The lowest BCUT2D eigenvalue weighted by Gasteiger charge is -2.28. The van der Waals surface area contributed by atoms with Crippen molar-refractivity contribution in [2.75, 3.05) is 19.0 Å². The highest BCUT2D eigenvalue weighted by atomic mass is 32.1. The van der Waals surface area contributed by atoms with Crippen LogP contribution in [0, 0.1) is 6.92 Å². The molecule has 1 aliphatic rings. The maximum Gasteiger partial charge on any atom is 0.255 e. The van der Waals surface area contributed by atoms with Gasteiger partial charge in [0, 0.05) is 17.5 Å². The number of nitrogens with one attached hydrogen (secondary N) is 1. The van der Waals surface area contributed by atoms with Crippen molar-refractivity contribution in [2.45, 2.75) is 32.9 Å². The molecular weight excluding hydrogens is 426 g/mol. The summed E-state index contributed by atoms with van der Waals surface area (Å²) in [6, 6.07) is 12.6. The first-order valence-corrected chi connectivity index (χ1v) is 11.3. The molecular formula is C24H25N3O4S. The van der Waals surface area contributed by atoms with Gasteiger partial charge in [0.05, 0.1) is 31.9 Å². The minimum Gasteiger partial charge on any atom is -0.493 e. The van der Waals surface area contributed by atoms with Gasteiger partial charge in [-0.2, -0.15) is 0 Å². The molecule has 0 saturated carbocycles. The summed E-state index contributed by atoms with van der Waals surface area (Å²) in [6.45, 7) is 4.73. The molecule has 1 aliphatic heterocycles. The Labute approximate surface area is 191 Å². The zero-order valence-corrected chi connectivity index (χ0v) is 19.1. The predicted molar refractivity (Wildman–Crippen MR) is 123 cm³/mol. The van der Waals surface area contributed by atoms with Crippen molar-refractivity contribution in [3.63, 3.8) is 0 Å². The molecule has 4 rings (SSSR count). The fraction of sp³-hybridized carbons (Fsp3) is 0.292. The Morgan fingerprint density at radius 3 is 2.75 bits per heavy atom. The predicted octanol–water partition coefficient (Wildman–Crippen LogP) is 4.58. The van der Waals surface area contributed by atoms with Gasteiger partial charge in [0.1, 0.15) is 0 Å². The number of hydrogen-bond donors (Lipinski definition) is 1. The summed E-state index contributed by atoms with van der Waals surface area (Å²) in [5, 5.41) is 5.29. The Morgan fingerprint density at radius 1 is 1.25 bits per heavy atom. The lowest BCUT2D eigenvalue weighted by atomic mass is 10.0. The SMILES string of the molecule is CCOc1ccc([C@H](CC(=O)Nc2nc(C)cs2)N2Cc3ccccc3C2=O)cc1OC. The van der Waals surface area contributed by atoms with Gasteiger partial charge < -0.3 is 19.7 Å². The number of amides is 2. The van der Waals surface area contributed by atoms with E-state index in [1.165, 1.54) is 11.3 Å². The smallest absolute Gasteiger partial charge is 0.255 e. The summed E-state index contributed by atoms with van der Waals surface area (Å²) in [7, 11) is 1.57. The van der Waals surface area contributed by atoms with Crippen LogP contribution in [-0.4, -0.2) is 35.4 Å². The zero-order valence-electron chi connectivity index (χ0n) is 18.3. The van der Waals surface area contributed by atoms with Crippen molar-refractivity contribution in [1.82, 2.24) is 9.88 Å². The highest BCUT2D eigenvalue weighted by molar-refractivity contribution is 7.13. The average Bonchev–Trinajstić information content (AvgIpc) is 3.35. The minimum atomic E-state index is -0.472. The summed E-state index contributed by atoms with van der Waals surface area (Å²) in [6.07, 6.45) is 0.0928. The van der Waals surface area contributed by atoms with Crippen LogP contribution in [0.4, 0.5) is 5.13 Å². The van der Waals surface area contributed by atoms with Crippen LogP contribution in [0.3, 0.4) is 0 Å². The van der Waals surface area contributed by atoms with Gasteiger partial charge in [-0.1, -0.05) is 24.3 Å². The first kappa shape index (κ1) is 21.8. The number of thiazole rings is 1. The van der Waals surface area contributed by atoms with Gasteiger partial charge in [-0.3, -0.25) is 9.59 Å². The standard InChI is InChI=1S/C24H25N3O4S/c1-4-31-20-10-9-16(11-21(20)30-3)19(12-22(28)26-24-25-15(2)14-32-24)27-13-17-7-5-6-8-18(17)23(27)29/h5-11,14,19H,4,12-13H2,1-3H3,(H,25,26,28)/t19-/m0/s1. The maximum atomic E-state index is 13.2. The molecule has 2 heterocycles. The largest absolute Gasteiger partial charge is 0.493 e. The van der Waals surface area contributed by atoms with E-state index in [-0.39, 0.29) is 18.2 Å². The van der Waals surface area contributed by atoms with Crippen molar-refractivity contribution in [3.8, 4) is 11.5 Å². The molecule has 0 bridgehead atoms. The lowest BCUT2D eigenvalue weighted by molar-refractivity contribution is -0.117. The van der Waals surface area contributed by atoms with Crippen LogP contribution in [0.15, 0.2) is 47.8 Å². The summed E-state index contributed by atoms with van der Waals surface area (Å²) in [4.78, 5) is 32.2. The topological polar surface area (TPSA) is 80.8 Å². The Hall–Kier alpha value is -3.39. The molecule has 0 unspecified atom stereocenters. The van der Waals surface area contributed by atoms with E-state index in [4.69, 9.17) is 9.47 Å². The third-order valence-corrected chi connectivity index (χ3v) is 6.22. The van der Waals surface area contributed by atoms with Gasteiger partial charge in [-0.05, 0) is 43.2 Å². The number of rotatable bonds is 8. The maximum absolute atomic E-state index is 13.2. The van der Waals surface area contributed by atoms with Crippen molar-refractivity contribution < 1.29 is 19.1 Å². The first-order chi connectivity index (χ1) is 15.5.